The molecule has 0 radical (unpaired) electrons. The van der Waals surface area contributed by atoms with Gasteiger partial charge in [0.05, 0.1) is 4.92 Å². The second kappa shape index (κ2) is 13.5. The molecule has 0 spiro atoms. The van der Waals surface area contributed by atoms with Crippen LogP contribution < -0.4 is 10.2 Å². The van der Waals surface area contributed by atoms with Crippen molar-refractivity contribution in [3.05, 3.63) is 34.4 Å². The van der Waals surface area contributed by atoms with Crippen molar-refractivity contribution in [2.45, 2.75) is 53.1 Å². The van der Waals surface area contributed by atoms with Crippen LogP contribution in [0.25, 0.3) is 0 Å². The lowest BCUT2D eigenvalue weighted by atomic mass is 9.97. The lowest BCUT2D eigenvalue weighted by Crippen LogP contribution is -2.49. The third-order valence-corrected chi connectivity index (χ3v) is 6.17. The number of hydrogen-bond acceptors (Lipinski definition) is 7. The maximum Gasteiger partial charge on any atom is 0.407 e. The molecule has 34 heavy (non-hydrogen) atoms. The number of likely N-dealkylation sites (tertiary alicyclic amines) is 1. The second-order valence-electron chi connectivity index (χ2n) is 9.77. The number of rotatable bonds is 7. The summed E-state index contributed by atoms with van der Waals surface area (Å²) < 4.78 is 5.31. The molecule has 2 heterocycles. The van der Waals surface area contributed by atoms with Crippen molar-refractivity contribution < 1.29 is 14.5 Å². The summed E-state index contributed by atoms with van der Waals surface area (Å²) in [5.41, 5.74) is 0.731. The van der Waals surface area contributed by atoms with Crippen molar-refractivity contribution in [3.8, 4) is 0 Å². The van der Waals surface area contributed by atoms with Gasteiger partial charge in [0.15, 0.2) is 0 Å². The Labute approximate surface area is 204 Å². The van der Waals surface area contributed by atoms with E-state index in [1.54, 1.807) is 12.1 Å². The molecule has 1 amide bonds. The van der Waals surface area contributed by atoms with E-state index in [1.807, 2.05) is 46.8 Å². The monoisotopic (exact) mass is 477 g/mol. The predicted molar refractivity (Wildman–Crippen MR) is 136 cm³/mol. The van der Waals surface area contributed by atoms with Crippen LogP contribution in [0.5, 0.6) is 0 Å². The first-order valence-electron chi connectivity index (χ1n) is 12.6. The smallest absolute Gasteiger partial charge is 0.407 e. The Hall–Kier alpha value is -2.39. The Bertz CT molecular complexity index is 750. The fourth-order valence-corrected chi connectivity index (χ4v) is 4.25. The number of nitro benzene ring substituents is 1. The van der Waals surface area contributed by atoms with Gasteiger partial charge in [-0.15, -0.1) is 0 Å². The molecule has 1 aromatic carbocycles. The highest BCUT2D eigenvalue weighted by molar-refractivity contribution is 5.67. The van der Waals surface area contributed by atoms with Crippen LogP contribution in [-0.2, 0) is 4.74 Å². The summed E-state index contributed by atoms with van der Waals surface area (Å²) in [6, 6.07) is 6.84. The summed E-state index contributed by atoms with van der Waals surface area (Å²) >= 11 is 0. The summed E-state index contributed by atoms with van der Waals surface area (Å²) in [5, 5.41) is 13.7. The van der Waals surface area contributed by atoms with Crippen LogP contribution in [-0.4, -0.2) is 85.3 Å². The van der Waals surface area contributed by atoms with Gasteiger partial charge in [-0.1, -0.05) is 13.8 Å². The van der Waals surface area contributed by atoms with Crippen LogP contribution in [0.3, 0.4) is 0 Å². The van der Waals surface area contributed by atoms with E-state index < -0.39 is 5.60 Å². The Balaban J connectivity index is 0.00000199. The second-order valence-corrected chi connectivity index (χ2v) is 9.77. The topological polar surface area (TPSA) is 91.2 Å². The van der Waals surface area contributed by atoms with Gasteiger partial charge in [-0.25, -0.2) is 4.79 Å². The summed E-state index contributed by atoms with van der Waals surface area (Å²) in [6.45, 7) is 18.5. The van der Waals surface area contributed by atoms with E-state index in [4.69, 9.17) is 4.74 Å². The molecule has 2 fully saturated rings. The zero-order valence-corrected chi connectivity index (χ0v) is 21.6. The van der Waals surface area contributed by atoms with Crippen LogP contribution in [0, 0.1) is 16.0 Å². The van der Waals surface area contributed by atoms with Gasteiger partial charge in [-0.05, 0) is 64.8 Å². The molecule has 0 unspecified atom stereocenters. The van der Waals surface area contributed by atoms with Gasteiger partial charge < -0.3 is 19.9 Å². The Morgan fingerprint density at radius 1 is 1.00 bits per heavy atom. The summed E-state index contributed by atoms with van der Waals surface area (Å²) in [6.07, 6.45) is 1.88. The van der Waals surface area contributed by atoms with Crippen LogP contribution in [0.2, 0.25) is 0 Å². The van der Waals surface area contributed by atoms with Gasteiger partial charge in [0.1, 0.15) is 5.60 Å². The van der Waals surface area contributed by atoms with Crippen molar-refractivity contribution in [1.82, 2.24) is 15.1 Å². The first-order valence-corrected chi connectivity index (χ1v) is 12.6. The molecule has 3 rings (SSSR count). The molecule has 1 aromatic rings. The fourth-order valence-electron chi connectivity index (χ4n) is 4.25. The minimum Gasteiger partial charge on any atom is -0.444 e. The number of nitrogens with zero attached hydrogens (tertiary/aromatic N) is 4. The van der Waals surface area contributed by atoms with Crippen LogP contribution >= 0.6 is 0 Å². The van der Waals surface area contributed by atoms with Gasteiger partial charge in [-0.2, -0.15) is 0 Å². The van der Waals surface area contributed by atoms with E-state index in [-0.39, 0.29) is 16.7 Å². The van der Waals surface area contributed by atoms with Crippen molar-refractivity contribution in [2.75, 3.05) is 63.8 Å². The SMILES string of the molecule is CC.CC(C)(C)OC(=O)NCC1CCN(CCN2CCN(c3ccc([N+](=O)[O-])cc3)CC2)CC1. The molecule has 192 valence electrons. The van der Waals surface area contributed by atoms with Gasteiger partial charge >= 0.3 is 6.09 Å². The highest BCUT2D eigenvalue weighted by atomic mass is 16.6. The van der Waals surface area contributed by atoms with E-state index in [0.29, 0.717) is 12.5 Å². The van der Waals surface area contributed by atoms with Gasteiger partial charge in [-0.3, -0.25) is 15.0 Å². The lowest BCUT2D eigenvalue weighted by Gasteiger charge is -2.38. The summed E-state index contributed by atoms with van der Waals surface area (Å²) in [7, 11) is 0. The van der Waals surface area contributed by atoms with E-state index in [1.165, 1.54) is 0 Å². The maximum absolute atomic E-state index is 11.8. The number of carbonyl (C=O) groups is 1. The number of alkyl carbamates (subject to hydrolysis) is 1. The highest BCUT2D eigenvalue weighted by Gasteiger charge is 2.23. The number of non-ortho nitro benzene ring substituents is 1. The molecule has 9 nitrogen and oxygen atoms in total. The van der Waals surface area contributed by atoms with Crippen molar-refractivity contribution in [2.24, 2.45) is 5.92 Å². The Morgan fingerprint density at radius 2 is 1.53 bits per heavy atom. The molecule has 0 aliphatic carbocycles. The van der Waals surface area contributed by atoms with E-state index in [0.717, 1.165) is 70.9 Å². The van der Waals surface area contributed by atoms with Crippen molar-refractivity contribution >= 4 is 17.5 Å². The van der Waals surface area contributed by atoms with Crippen molar-refractivity contribution in [3.63, 3.8) is 0 Å². The minimum atomic E-state index is -0.458. The summed E-state index contributed by atoms with van der Waals surface area (Å²) in [5.74, 6) is 0.518. The molecule has 0 saturated carbocycles. The number of anilines is 1. The van der Waals surface area contributed by atoms with Crippen LogP contribution in [0.4, 0.5) is 16.2 Å². The molecule has 9 heteroatoms. The fraction of sp³-hybridized carbons (Fsp3) is 0.720. The van der Waals surface area contributed by atoms with E-state index >= 15 is 0 Å². The zero-order chi connectivity index (χ0) is 25.1. The quantitative estimate of drug-likeness (QED) is 0.469. The Kier molecular flexibility index (Phi) is 11.0. The average molecular weight is 478 g/mol. The highest BCUT2D eigenvalue weighted by Crippen LogP contribution is 2.21. The van der Waals surface area contributed by atoms with Gasteiger partial charge in [0.25, 0.3) is 5.69 Å². The minimum absolute atomic E-state index is 0.136. The molecule has 0 bridgehead atoms. The number of nitrogens with one attached hydrogen (secondary N) is 1. The molecule has 0 aromatic heterocycles. The standard InChI is InChI=1S/C23H37N5O4.C2H6/c1-23(2,3)32-22(29)24-18-19-8-10-25(11-9-19)12-13-26-14-16-27(17-15-26)20-4-6-21(7-5-20)28(30)31;1-2/h4-7,19H,8-18H2,1-3H3,(H,24,29);1-2H3. The third kappa shape index (κ3) is 9.46. The zero-order valence-electron chi connectivity index (χ0n) is 21.6. The van der Waals surface area contributed by atoms with Gasteiger partial charge in [0.2, 0.25) is 0 Å². The van der Waals surface area contributed by atoms with Crippen molar-refractivity contribution in [1.29, 1.82) is 0 Å². The third-order valence-electron chi connectivity index (χ3n) is 6.17. The number of benzene rings is 1. The number of piperidine rings is 1. The number of piperazine rings is 1. The molecule has 1 N–H and O–H groups in total. The van der Waals surface area contributed by atoms with Gasteiger partial charge in [0, 0.05) is 63.6 Å². The largest absolute Gasteiger partial charge is 0.444 e. The molecule has 2 aliphatic heterocycles. The lowest BCUT2D eigenvalue weighted by molar-refractivity contribution is -0.384. The predicted octanol–water partition coefficient (Wildman–Crippen LogP) is 3.98. The first-order chi connectivity index (χ1) is 16.2. The Morgan fingerprint density at radius 3 is 2.03 bits per heavy atom. The normalized spacial score (nSPS) is 18.1. The van der Waals surface area contributed by atoms with E-state index in [9.17, 15) is 14.9 Å². The number of hydrogen-bond donors (Lipinski definition) is 1. The average Bonchev–Trinajstić information content (AvgIpc) is 2.83. The number of ether oxygens (including phenoxy) is 1. The molecule has 0 atom stereocenters. The summed E-state index contributed by atoms with van der Waals surface area (Å²) in [4.78, 5) is 29.6. The first kappa shape index (κ1) is 27.9. The number of amides is 1. The molecular formula is C25H43N5O4. The number of carbonyl (C=O) groups excluding carboxylic acids is 1. The molecule has 2 aliphatic rings. The van der Waals surface area contributed by atoms with Crippen LogP contribution in [0.1, 0.15) is 47.5 Å². The van der Waals surface area contributed by atoms with Crippen LogP contribution in [0.15, 0.2) is 24.3 Å². The maximum atomic E-state index is 11.8. The number of nitro groups is 1. The molecule has 2 saturated heterocycles. The van der Waals surface area contributed by atoms with E-state index in [2.05, 4.69) is 20.0 Å². The molecular weight excluding hydrogens is 434 g/mol.